The predicted molar refractivity (Wildman–Crippen MR) is 72.1 cm³/mol. The molecule has 0 saturated heterocycles. The lowest BCUT2D eigenvalue weighted by Gasteiger charge is -2.09. The summed E-state index contributed by atoms with van der Waals surface area (Å²) in [5.74, 6) is -0.527. The number of phenols is 3. The highest BCUT2D eigenvalue weighted by Gasteiger charge is 2.12. The quantitative estimate of drug-likeness (QED) is 0.560. The Balaban J connectivity index is 2.67. The predicted octanol–water partition coefficient (Wildman–Crippen LogP) is 3.47. The molecule has 0 aliphatic heterocycles. The molecule has 0 aliphatic rings. The molecular weight excluding hydrogens is 228 g/mol. The van der Waals surface area contributed by atoms with E-state index in [-0.39, 0.29) is 17.2 Å². The van der Waals surface area contributed by atoms with Gasteiger partial charge in [-0.05, 0) is 49.4 Å². The van der Waals surface area contributed by atoms with Gasteiger partial charge >= 0.3 is 0 Å². The van der Waals surface area contributed by atoms with Gasteiger partial charge < -0.3 is 15.3 Å². The van der Waals surface area contributed by atoms with Crippen molar-refractivity contribution < 1.29 is 15.3 Å². The van der Waals surface area contributed by atoms with Gasteiger partial charge in [-0.2, -0.15) is 0 Å². The molecule has 3 heteroatoms. The van der Waals surface area contributed by atoms with Crippen molar-refractivity contribution in [1.29, 1.82) is 0 Å². The van der Waals surface area contributed by atoms with Crippen molar-refractivity contribution in [2.75, 3.05) is 0 Å². The van der Waals surface area contributed by atoms with Gasteiger partial charge in [-0.3, -0.25) is 0 Å². The molecule has 3 nitrogen and oxygen atoms in total. The third kappa shape index (κ3) is 2.12. The Morgan fingerprint density at radius 1 is 1.00 bits per heavy atom. The summed E-state index contributed by atoms with van der Waals surface area (Å²) in [6.07, 6.45) is 2.80. The Labute approximate surface area is 106 Å². The van der Waals surface area contributed by atoms with E-state index in [9.17, 15) is 15.3 Å². The highest BCUT2D eigenvalue weighted by molar-refractivity contribution is 5.97. The van der Waals surface area contributed by atoms with Crippen LogP contribution in [0.2, 0.25) is 0 Å². The zero-order valence-corrected chi connectivity index (χ0v) is 10.4. The molecule has 0 aromatic heterocycles. The largest absolute Gasteiger partial charge is 0.507 e. The minimum atomic E-state index is -0.274. The van der Waals surface area contributed by atoms with Crippen molar-refractivity contribution in [1.82, 2.24) is 0 Å². The Kier molecular flexibility index (Phi) is 3.15. The van der Waals surface area contributed by atoms with Crippen molar-refractivity contribution in [2.45, 2.75) is 20.3 Å². The van der Waals surface area contributed by atoms with Gasteiger partial charge in [-0.15, -0.1) is 0 Å². The van der Waals surface area contributed by atoms with E-state index in [0.29, 0.717) is 5.39 Å². The van der Waals surface area contributed by atoms with E-state index in [2.05, 4.69) is 6.08 Å². The Hall–Kier alpha value is -2.16. The van der Waals surface area contributed by atoms with Crippen LogP contribution in [0.5, 0.6) is 17.2 Å². The summed E-state index contributed by atoms with van der Waals surface area (Å²) in [6.45, 7) is 4.04. The van der Waals surface area contributed by atoms with Crippen LogP contribution in [0.25, 0.3) is 10.8 Å². The number of rotatable bonds is 2. The van der Waals surface area contributed by atoms with E-state index in [1.807, 2.05) is 19.9 Å². The van der Waals surface area contributed by atoms with Gasteiger partial charge in [0.25, 0.3) is 0 Å². The Morgan fingerprint density at radius 3 is 2.33 bits per heavy atom. The van der Waals surface area contributed by atoms with Crippen LogP contribution >= 0.6 is 0 Å². The fourth-order valence-corrected chi connectivity index (χ4v) is 1.95. The first-order chi connectivity index (χ1) is 8.50. The van der Waals surface area contributed by atoms with E-state index in [4.69, 9.17) is 0 Å². The van der Waals surface area contributed by atoms with Gasteiger partial charge in [0.1, 0.15) is 5.75 Å². The van der Waals surface area contributed by atoms with Crippen LogP contribution < -0.4 is 0 Å². The van der Waals surface area contributed by atoms with E-state index >= 15 is 0 Å². The Bertz CT molecular complexity index is 623. The van der Waals surface area contributed by atoms with Gasteiger partial charge in [-0.1, -0.05) is 17.7 Å². The first-order valence-corrected chi connectivity index (χ1v) is 5.79. The van der Waals surface area contributed by atoms with Gasteiger partial charge in [0.05, 0.1) is 5.39 Å². The minimum absolute atomic E-state index is 0.0284. The second-order valence-corrected chi connectivity index (χ2v) is 4.59. The summed E-state index contributed by atoms with van der Waals surface area (Å²) < 4.78 is 0. The lowest BCUT2D eigenvalue weighted by atomic mass is 9.99. The monoisotopic (exact) mass is 244 g/mol. The molecule has 2 aromatic rings. The fraction of sp³-hybridized carbons (Fsp3) is 0.200. The minimum Gasteiger partial charge on any atom is -0.507 e. The standard InChI is InChI=1S/C15H16O3/c1-9(2)3-4-10-5-7-12(16)14-11(10)6-8-13(17)15(14)18/h3,5-8,16-18H,4H2,1-2H3. The molecule has 0 heterocycles. The molecule has 2 aromatic carbocycles. The molecule has 94 valence electrons. The number of benzene rings is 2. The first kappa shape index (κ1) is 12.3. The number of phenolic OH excluding ortho intramolecular Hbond substituents is 3. The number of fused-ring (bicyclic) bond motifs is 1. The van der Waals surface area contributed by atoms with Crippen LogP contribution in [0.15, 0.2) is 35.9 Å². The van der Waals surface area contributed by atoms with Gasteiger partial charge in [-0.25, -0.2) is 0 Å². The normalized spacial score (nSPS) is 10.6. The summed E-state index contributed by atoms with van der Waals surface area (Å²) in [5.41, 5.74) is 2.21. The topological polar surface area (TPSA) is 60.7 Å². The average molecular weight is 244 g/mol. The lowest BCUT2D eigenvalue weighted by molar-refractivity contribution is 0.405. The second kappa shape index (κ2) is 4.61. The van der Waals surface area contributed by atoms with Gasteiger partial charge in [0, 0.05) is 0 Å². The van der Waals surface area contributed by atoms with Crippen molar-refractivity contribution in [3.05, 3.63) is 41.5 Å². The van der Waals surface area contributed by atoms with E-state index < -0.39 is 0 Å². The molecule has 0 aliphatic carbocycles. The van der Waals surface area contributed by atoms with Crippen molar-refractivity contribution in [3.63, 3.8) is 0 Å². The maximum atomic E-state index is 9.82. The summed E-state index contributed by atoms with van der Waals surface area (Å²) in [7, 11) is 0. The van der Waals surface area contributed by atoms with Gasteiger partial charge in [0.15, 0.2) is 11.5 Å². The summed E-state index contributed by atoms with van der Waals surface area (Å²) in [6, 6.07) is 6.50. The van der Waals surface area contributed by atoms with Crippen molar-refractivity contribution >= 4 is 10.8 Å². The van der Waals surface area contributed by atoms with Crippen LogP contribution in [0.1, 0.15) is 19.4 Å². The lowest BCUT2D eigenvalue weighted by Crippen LogP contribution is -1.87. The highest BCUT2D eigenvalue weighted by atomic mass is 16.3. The summed E-state index contributed by atoms with van der Waals surface area (Å²) >= 11 is 0. The molecular formula is C15H16O3. The molecule has 0 amide bonds. The number of allylic oxidation sites excluding steroid dienone is 2. The average Bonchev–Trinajstić information content (AvgIpc) is 2.32. The van der Waals surface area contributed by atoms with Crippen molar-refractivity contribution in [2.24, 2.45) is 0 Å². The molecule has 0 atom stereocenters. The molecule has 2 rings (SSSR count). The molecule has 0 bridgehead atoms. The molecule has 3 N–H and O–H groups in total. The molecule has 18 heavy (non-hydrogen) atoms. The van der Waals surface area contributed by atoms with E-state index in [0.717, 1.165) is 17.4 Å². The van der Waals surface area contributed by atoms with Crippen LogP contribution in [0.3, 0.4) is 0 Å². The number of hydrogen-bond acceptors (Lipinski definition) is 3. The van der Waals surface area contributed by atoms with E-state index in [1.165, 1.54) is 17.7 Å². The Morgan fingerprint density at radius 2 is 1.67 bits per heavy atom. The maximum Gasteiger partial charge on any atom is 0.169 e. The van der Waals surface area contributed by atoms with Gasteiger partial charge in [0.2, 0.25) is 0 Å². The van der Waals surface area contributed by atoms with Crippen LogP contribution in [-0.4, -0.2) is 15.3 Å². The SMILES string of the molecule is CC(C)=CCc1ccc(O)c2c(O)c(O)ccc12. The molecule has 0 fully saturated rings. The first-order valence-electron chi connectivity index (χ1n) is 5.79. The smallest absolute Gasteiger partial charge is 0.169 e. The number of hydrogen-bond donors (Lipinski definition) is 3. The second-order valence-electron chi connectivity index (χ2n) is 4.59. The zero-order chi connectivity index (χ0) is 13.3. The summed E-state index contributed by atoms with van der Waals surface area (Å²) in [5, 5.41) is 30.1. The van der Waals surface area contributed by atoms with Crippen LogP contribution in [0, 0.1) is 0 Å². The molecule has 0 radical (unpaired) electrons. The number of aromatic hydroxyl groups is 3. The van der Waals surface area contributed by atoms with Crippen molar-refractivity contribution in [3.8, 4) is 17.2 Å². The van der Waals surface area contributed by atoms with E-state index in [1.54, 1.807) is 6.07 Å². The zero-order valence-electron chi connectivity index (χ0n) is 10.4. The maximum absolute atomic E-state index is 9.82. The van der Waals surface area contributed by atoms with Crippen LogP contribution in [-0.2, 0) is 6.42 Å². The highest BCUT2D eigenvalue weighted by Crippen LogP contribution is 2.40. The third-order valence-corrected chi connectivity index (χ3v) is 2.93. The van der Waals surface area contributed by atoms with Crippen LogP contribution in [0.4, 0.5) is 0 Å². The summed E-state index contributed by atoms with van der Waals surface area (Å²) in [4.78, 5) is 0. The molecule has 0 unspecified atom stereocenters. The molecule has 0 saturated carbocycles. The third-order valence-electron chi connectivity index (χ3n) is 2.93. The molecule has 0 spiro atoms. The fourth-order valence-electron chi connectivity index (χ4n) is 1.95.